The summed E-state index contributed by atoms with van der Waals surface area (Å²) in [6, 6.07) is 7.73. The van der Waals surface area contributed by atoms with Gasteiger partial charge >= 0.3 is 0 Å². The van der Waals surface area contributed by atoms with Gasteiger partial charge in [0.05, 0.1) is 0 Å². The number of carbonyl (C=O) groups excluding carboxylic acids is 1. The lowest BCUT2D eigenvalue weighted by molar-refractivity contribution is -0.121. The molecule has 0 saturated carbocycles. The number of amides is 1. The number of nitrogens with zero attached hydrogens (tertiary/aromatic N) is 1. The van der Waals surface area contributed by atoms with Gasteiger partial charge in [-0.3, -0.25) is 4.79 Å². The summed E-state index contributed by atoms with van der Waals surface area (Å²) in [6.07, 6.45) is 0. The van der Waals surface area contributed by atoms with E-state index in [4.69, 9.17) is 5.73 Å². The molecule has 82 valence electrons. The van der Waals surface area contributed by atoms with Crippen molar-refractivity contribution in [1.29, 1.82) is 0 Å². The number of carbonyl (C=O) groups is 1. The first kappa shape index (κ1) is 11.7. The maximum atomic E-state index is 11.7. The molecule has 1 aromatic carbocycles. The van der Waals surface area contributed by atoms with Crippen LogP contribution in [0.4, 0.5) is 5.69 Å². The zero-order valence-electron chi connectivity index (χ0n) is 9.53. The van der Waals surface area contributed by atoms with Crippen molar-refractivity contribution in [3.05, 3.63) is 29.8 Å². The highest BCUT2D eigenvalue weighted by molar-refractivity contribution is 5.94. The molecule has 2 N–H and O–H groups in total. The van der Waals surface area contributed by atoms with Gasteiger partial charge in [0.1, 0.15) is 0 Å². The molecule has 0 aliphatic rings. The lowest BCUT2D eigenvalue weighted by atomic mass is 10.1. The molecular weight excluding hydrogens is 188 g/mol. The molecule has 15 heavy (non-hydrogen) atoms. The topological polar surface area (TPSA) is 46.3 Å². The Labute approximate surface area is 90.9 Å². The second kappa shape index (κ2) is 4.94. The van der Waals surface area contributed by atoms with Gasteiger partial charge in [-0.2, -0.15) is 0 Å². The van der Waals surface area contributed by atoms with Gasteiger partial charge in [-0.25, -0.2) is 0 Å². The molecular formula is C12H18N2O. The Hall–Kier alpha value is -1.35. The predicted octanol–water partition coefficient (Wildman–Crippen LogP) is 1.76. The summed E-state index contributed by atoms with van der Waals surface area (Å²) >= 11 is 0. The first-order chi connectivity index (χ1) is 7.06. The van der Waals surface area contributed by atoms with Crippen LogP contribution in [0.2, 0.25) is 0 Å². The van der Waals surface area contributed by atoms with Gasteiger partial charge in [-0.1, -0.05) is 26.0 Å². The second-order valence-corrected chi connectivity index (χ2v) is 3.93. The normalized spacial score (nSPS) is 10.5. The van der Waals surface area contributed by atoms with Crippen LogP contribution in [0.25, 0.3) is 0 Å². The highest BCUT2D eigenvalue weighted by Crippen LogP contribution is 2.16. The molecule has 1 amide bonds. The molecule has 0 aromatic heterocycles. The quantitative estimate of drug-likeness (QED) is 0.819. The van der Waals surface area contributed by atoms with Gasteiger partial charge < -0.3 is 10.6 Å². The van der Waals surface area contributed by atoms with Crippen LogP contribution in [0.3, 0.4) is 0 Å². The summed E-state index contributed by atoms with van der Waals surface area (Å²) in [5.74, 6) is 0.126. The van der Waals surface area contributed by atoms with Gasteiger partial charge in [0.25, 0.3) is 0 Å². The van der Waals surface area contributed by atoms with Gasteiger partial charge in [-0.15, -0.1) is 0 Å². The Balaban J connectivity index is 2.90. The van der Waals surface area contributed by atoms with E-state index in [0.717, 1.165) is 11.3 Å². The van der Waals surface area contributed by atoms with Crippen molar-refractivity contribution < 1.29 is 4.79 Å². The molecule has 0 saturated heterocycles. The Morgan fingerprint density at radius 2 is 2.13 bits per heavy atom. The van der Waals surface area contributed by atoms with E-state index in [2.05, 4.69) is 0 Å². The third-order valence-corrected chi connectivity index (χ3v) is 2.36. The average molecular weight is 206 g/mol. The standard InChI is InChI=1S/C12H18N2O/c1-9(2)12(15)14(3)11-6-4-5-10(7-11)8-13/h4-7,9H,8,13H2,1-3H3. The van der Waals surface area contributed by atoms with Crippen molar-refractivity contribution in [1.82, 2.24) is 0 Å². The van der Waals surface area contributed by atoms with Crippen LogP contribution in [0.1, 0.15) is 19.4 Å². The number of anilines is 1. The molecule has 0 heterocycles. The first-order valence-corrected chi connectivity index (χ1v) is 5.13. The minimum atomic E-state index is 0.0107. The van der Waals surface area contributed by atoms with Crippen molar-refractivity contribution >= 4 is 11.6 Å². The zero-order chi connectivity index (χ0) is 11.4. The van der Waals surface area contributed by atoms with Crippen molar-refractivity contribution in [2.75, 3.05) is 11.9 Å². The van der Waals surface area contributed by atoms with Crippen molar-refractivity contribution in [2.24, 2.45) is 11.7 Å². The second-order valence-electron chi connectivity index (χ2n) is 3.93. The molecule has 0 bridgehead atoms. The molecule has 1 aromatic rings. The van der Waals surface area contributed by atoms with Gasteiger partial charge in [-0.05, 0) is 17.7 Å². The lowest BCUT2D eigenvalue weighted by Gasteiger charge is -2.20. The molecule has 0 unspecified atom stereocenters. The minimum absolute atomic E-state index is 0.0107. The fraction of sp³-hybridized carbons (Fsp3) is 0.417. The van der Waals surface area contributed by atoms with Gasteiger partial charge in [0, 0.05) is 25.2 Å². The van der Waals surface area contributed by atoms with Crippen LogP contribution in [0, 0.1) is 5.92 Å². The number of hydrogen-bond donors (Lipinski definition) is 1. The van der Waals surface area contributed by atoms with Crippen LogP contribution in [0.5, 0.6) is 0 Å². The highest BCUT2D eigenvalue weighted by Gasteiger charge is 2.14. The van der Waals surface area contributed by atoms with E-state index < -0.39 is 0 Å². The smallest absolute Gasteiger partial charge is 0.229 e. The number of hydrogen-bond acceptors (Lipinski definition) is 2. The SMILES string of the molecule is CC(C)C(=O)N(C)c1cccc(CN)c1. The van der Waals surface area contributed by atoms with E-state index in [1.54, 1.807) is 11.9 Å². The molecule has 0 aliphatic heterocycles. The summed E-state index contributed by atoms with van der Waals surface area (Å²) in [5, 5.41) is 0. The van der Waals surface area contributed by atoms with E-state index in [0.29, 0.717) is 6.54 Å². The van der Waals surface area contributed by atoms with Crippen LogP contribution in [-0.2, 0) is 11.3 Å². The fourth-order valence-corrected chi connectivity index (χ4v) is 1.41. The third kappa shape index (κ3) is 2.80. The fourth-order valence-electron chi connectivity index (χ4n) is 1.41. The number of rotatable bonds is 3. The first-order valence-electron chi connectivity index (χ1n) is 5.13. The molecule has 3 nitrogen and oxygen atoms in total. The maximum Gasteiger partial charge on any atom is 0.229 e. The summed E-state index contributed by atoms with van der Waals surface area (Å²) in [6.45, 7) is 4.29. The van der Waals surface area contributed by atoms with Crippen molar-refractivity contribution in [2.45, 2.75) is 20.4 Å². The van der Waals surface area contributed by atoms with E-state index in [1.807, 2.05) is 38.1 Å². The molecule has 0 fully saturated rings. The number of nitrogens with two attached hydrogens (primary N) is 1. The van der Waals surface area contributed by atoms with E-state index in [1.165, 1.54) is 0 Å². The van der Waals surface area contributed by atoms with Crippen molar-refractivity contribution in [3.63, 3.8) is 0 Å². The molecule has 0 aliphatic carbocycles. The molecule has 1 rings (SSSR count). The maximum absolute atomic E-state index is 11.7. The van der Waals surface area contributed by atoms with E-state index in [9.17, 15) is 4.79 Å². The Kier molecular flexibility index (Phi) is 3.86. The molecule has 0 radical (unpaired) electrons. The zero-order valence-corrected chi connectivity index (χ0v) is 9.53. The van der Waals surface area contributed by atoms with Gasteiger partial charge in [0.2, 0.25) is 5.91 Å². The monoisotopic (exact) mass is 206 g/mol. The summed E-state index contributed by atoms with van der Waals surface area (Å²) in [5.41, 5.74) is 7.49. The molecule has 0 atom stereocenters. The van der Waals surface area contributed by atoms with E-state index in [-0.39, 0.29) is 11.8 Å². The summed E-state index contributed by atoms with van der Waals surface area (Å²) in [7, 11) is 1.79. The predicted molar refractivity (Wildman–Crippen MR) is 62.6 cm³/mol. The van der Waals surface area contributed by atoms with Crippen molar-refractivity contribution in [3.8, 4) is 0 Å². The Morgan fingerprint density at radius 1 is 1.47 bits per heavy atom. The molecule has 3 heteroatoms. The van der Waals surface area contributed by atoms with Crippen LogP contribution >= 0.6 is 0 Å². The van der Waals surface area contributed by atoms with Crippen LogP contribution in [-0.4, -0.2) is 13.0 Å². The Bertz CT molecular complexity index is 347. The lowest BCUT2D eigenvalue weighted by Crippen LogP contribution is -2.30. The highest BCUT2D eigenvalue weighted by atomic mass is 16.2. The van der Waals surface area contributed by atoms with Crippen LogP contribution in [0.15, 0.2) is 24.3 Å². The van der Waals surface area contributed by atoms with Crippen LogP contribution < -0.4 is 10.6 Å². The number of benzene rings is 1. The summed E-state index contributed by atoms with van der Waals surface area (Å²) < 4.78 is 0. The third-order valence-electron chi connectivity index (χ3n) is 2.36. The van der Waals surface area contributed by atoms with E-state index >= 15 is 0 Å². The largest absolute Gasteiger partial charge is 0.326 e. The average Bonchev–Trinajstić information content (AvgIpc) is 2.27. The summed E-state index contributed by atoms with van der Waals surface area (Å²) in [4.78, 5) is 13.4. The minimum Gasteiger partial charge on any atom is -0.326 e. The Morgan fingerprint density at radius 3 is 2.67 bits per heavy atom. The van der Waals surface area contributed by atoms with Gasteiger partial charge in [0.15, 0.2) is 0 Å². The molecule has 0 spiro atoms.